The zero-order valence-corrected chi connectivity index (χ0v) is 11.7. The van der Waals surface area contributed by atoms with E-state index in [-0.39, 0.29) is 0 Å². The van der Waals surface area contributed by atoms with Crippen molar-refractivity contribution in [2.24, 2.45) is 0 Å². The highest BCUT2D eigenvalue weighted by Gasteiger charge is 2.08. The second kappa shape index (κ2) is 6.27. The Bertz CT molecular complexity index is 518. The highest BCUT2D eigenvalue weighted by Crippen LogP contribution is 2.20. The van der Waals surface area contributed by atoms with Crippen LogP contribution in [0.4, 0.5) is 11.4 Å². The number of benzene rings is 1. The van der Waals surface area contributed by atoms with Crippen LogP contribution in [0.15, 0.2) is 36.7 Å². The number of nitrogen functional groups attached to an aromatic ring is 1. The minimum atomic E-state index is 0.808. The van der Waals surface area contributed by atoms with Crippen LogP contribution in [0.1, 0.15) is 25.8 Å². The highest BCUT2D eigenvalue weighted by molar-refractivity contribution is 5.56. The van der Waals surface area contributed by atoms with Gasteiger partial charge in [0, 0.05) is 42.8 Å². The Kier molecular flexibility index (Phi) is 4.44. The minimum Gasteiger partial charge on any atom is -0.399 e. The molecular formula is C15H22N4. The molecule has 0 fully saturated rings. The molecule has 0 amide bonds. The first kappa shape index (κ1) is 13.5. The number of anilines is 2. The van der Waals surface area contributed by atoms with Crippen LogP contribution < -0.4 is 10.6 Å². The zero-order chi connectivity index (χ0) is 13.7. The van der Waals surface area contributed by atoms with Crippen molar-refractivity contribution in [1.29, 1.82) is 0 Å². The molecule has 1 aromatic carbocycles. The molecule has 0 spiro atoms. The quantitative estimate of drug-likeness (QED) is 0.810. The van der Waals surface area contributed by atoms with Crippen LogP contribution in [0, 0.1) is 0 Å². The van der Waals surface area contributed by atoms with Crippen LogP contribution in [0.2, 0.25) is 0 Å². The van der Waals surface area contributed by atoms with Gasteiger partial charge < -0.3 is 10.6 Å². The number of nitrogens with zero attached hydrogens (tertiary/aromatic N) is 3. The summed E-state index contributed by atoms with van der Waals surface area (Å²) in [7, 11) is 0. The third-order valence-corrected chi connectivity index (χ3v) is 3.11. The summed E-state index contributed by atoms with van der Waals surface area (Å²) in [5.41, 5.74) is 9.08. The largest absolute Gasteiger partial charge is 0.399 e. The van der Waals surface area contributed by atoms with Crippen LogP contribution in [-0.4, -0.2) is 16.3 Å². The molecule has 0 saturated carbocycles. The van der Waals surface area contributed by atoms with E-state index in [0.717, 1.165) is 31.7 Å². The molecular weight excluding hydrogens is 236 g/mol. The lowest BCUT2D eigenvalue weighted by Gasteiger charge is -2.24. The maximum atomic E-state index is 5.87. The molecule has 0 saturated heterocycles. The average molecular weight is 258 g/mol. The number of rotatable bonds is 6. The monoisotopic (exact) mass is 258 g/mol. The van der Waals surface area contributed by atoms with E-state index in [1.54, 1.807) is 0 Å². The molecule has 0 atom stereocenters. The van der Waals surface area contributed by atoms with Gasteiger partial charge in [0.25, 0.3) is 0 Å². The molecule has 1 heterocycles. The first-order chi connectivity index (χ1) is 9.22. The lowest BCUT2D eigenvalue weighted by Crippen LogP contribution is -2.23. The number of nitrogens with two attached hydrogens (primary N) is 1. The number of aryl methyl sites for hydroxylation is 1. The molecule has 0 aliphatic carbocycles. The summed E-state index contributed by atoms with van der Waals surface area (Å²) in [6.07, 6.45) is 5.16. The van der Waals surface area contributed by atoms with E-state index < -0.39 is 0 Å². The summed E-state index contributed by atoms with van der Waals surface area (Å²) >= 11 is 0. The summed E-state index contributed by atoms with van der Waals surface area (Å²) in [4.78, 5) is 2.34. The molecule has 0 radical (unpaired) electrons. The van der Waals surface area contributed by atoms with Gasteiger partial charge in [0.2, 0.25) is 0 Å². The standard InChI is InChI=1S/C15H22N4/c1-3-8-18(15-7-5-6-14(16)9-15)11-13-10-17-19(4-2)12-13/h5-7,9-10,12H,3-4,8,11,16H2,1-2H3. The van der Waals surface area contributed by atoms with Gasteiger partial charge in [-0.3, -0.25) is 4.68 Å². The predicted octanol–water partition coefficient (Wildman–Crippen LogP) is 2.90. The van der Waals surface area contributed by atoms with E-state index in [2.05, 4.69) is 36.1 Å². The third kappa shape index (κ3) is 3.50. The lowest BCUT2D eigenvalue weighted by atomic mass is 10.2. The van der Waals surface area contributed by atoms with Crippen LogP contribution in [0.3, 0.4) is 0 Å². The van der Waals surface area contributed by atoms with E-state index in [1.807, 2.05) is 29.1 Å². The van der Waals surface area contributed by atoms with Crippen LogP contribution >= 0.6 is 0 Å². The Morgan fingerprint density at radius 1 is 1.32 bits per heavy atom. The Hall–Kier alpha value is -1.97. The zero-order valence-electron chi connectivity index (χ0n) is 11.7. The van der Waals surface area contributed by atoms with Crippen molar-refractivity contribution in [2.45, 2.75) is 33.4 Å². The van der Waals surface area contributed by atoms with E-state index in [0.29, 0.717) is 0 Å². The van der Waals surface area contributed by atoms with E-state index in [9.17, 15) is 0 Å². The average Bonchev–Trinajstić information content (AvgIpc) is 2.86. The van der Waals surface area contributed by atoms with E-state index >= 15 is 0 Å². The Morgan fingerprint density at radius 3 is 2.79 bits per heavy atom. The van der Waals surface area contributed by atoms with Gasteiger partial charge in [-0.1, -0.05) is 13.0 Å². The van der Waals surface area contributed by atoms with Gasteiger partial charge in [-0.15, -0.1) is 0 Å². The SMILES string of the molecule is CCCN(Cc1cnn(CC)c1)c1cccc(N)c1. The molecule has 0 aliphatic rings. The van der Waals surface area contributed by atoms with Crippen LogP contribution in [0.25, 0.3) is 0 Å². The van der Waals surface area contributed by atoms with Gasteiger partial charge in [0.1, 0.15) is 0 Å². The summed E-state index contributed by atoms with van der Waals surface area (Å²) < 4.78 is 1.96. The fourth-order valence-electron chi connectivity index (χ4n) is 2.17. The molecule has 19 heavy (non-hydrogen) atoms. The van der Waals surface area contributed by atoms with Crippen molar-refractivity contribution >= 4 is 11.4 Å². The topological polar surface area (TPSA) is 47.1 Å². The first-order valence-electron chi connectivity index (χ1n) is 6.84. The van der Waals surface area contributed by atoms with Gasteiger partial charge in [0.15, 0.2) is 0 Å². The molecule has 0 unspecified atom stereocenters. The lowest BCUT2D eigenvalue weighted by molar-refractivity contribution is 0.658. The maximum Gasteiger partial charge on any atom is 0.0539 e. The fourth-order valence-corrected chi connectivity index (χ4v) is 2.17. The van der Waals surface area contributed by atoms with E-state index in [4.69, 9.17) is 5.73 Å². The number of hydrogen-bond acceptors (Lipinski definition) is 3. The van der Waals surface area contributed by atoms with Gasteiger partial charge in [-0.25, -0.2) is 0 Å². The van der Waals surface area contributed by atoms with Crippen LogP contribution in [-0.2, 0) is 13.1 Å². The normalized spacial score (nSPS) is 10.6. The van der Waals surface area contributed by atoms with Gasteiger partial charge >= 0.3 is 0 Å². The van der Waals surface area contributed by atoms with Crippen molar-refractivity contribution in [3.05, 3.63) is 42.2 Å². The Morgan fingerprint density at radius 2 is 2.16 bits per heavy atom. The van der Waals surface area contributed by atoms with Crippen molar-refractivity contribution in [1.82, 2.24) is 9.78 Å². The molecule has 0 aliphatic heterocycles. The summed E-state index contributed by atoms with van der Waals surface area (Å²) in [5.74, 6) is 0. The third-order valence-electron chi connectivity index (χ3n) is 3.11. The second-order valence-corrected chi connectivity index (χ2v) is 4.72. The second-order valence-electron chi connectivity index (χ2n) is 4.72. The molecule has 2 rings (SSSR count). The summed E-state index contributed by atoms with van der Waals surface area (Å²) in [5, 5.41) is 4.32. The van der Waals surface area contributed by atoms with Gasteiger partial charge in [-0.2, -0.15) is 5.10 Å². The van der Waals surface area contributed by atoms with E-state index in [1.165, 1.54) is 11.3 Å². The van der Waals surface area contributed by atoms with Crippen molar-refractivity contribution in [3.8, 4) is 0 Å². The Labute approximate surface area is 114 Å². The molecule has 2 N–H and O–H groups in total. The van der Waals surface area contributed by atoms with Gasteiger partial charge in [-0.05, 0) is 31.5 Å². The number of aromatic nitrogens is 2. The molecule has 1 aromatic heterocycles. The van der Waals surface area contributed by atoms with Crippen molar-refractivity contribution in [2.75, 3.05) is 17.2 Å². The van der Waals surface area contributed by atoms with Crippen LogP contribution in [0.5, 0.6) is 0 Å². The first-order valence-corrected chi connectivity index (χ1v) is 6.84. The molecule has 4 nitrogen and oxygen atoms in total. The molecule has 0 bridgehead atoms. The summed E-state index contributed by atoms with van der Waals surface area (Å²) in [6.45, 7) is 7.08. The smallest absolute Gasteiger partial charge is 0.0539 e. The molecule has 4 heteroatoms. The molecule has 102 valence electrons. The minimum absolute atomic E-state index is 0.808. The number of hydrogen-bond donors (Lipinski definition) is 1. The molecule has 2 aromatic rings. The van der Waals surface area contributed by atoms with Crippen molar-refractivity contribution < 1.29 is 0 Å². The fraction of sp³-hybridized carbons (Fsp3) is 0.400. The maximum absolute atomic E-state index is 5.87. The highest BCUT2D eigenvalue weighted by atomic mass is 15.3. The Balaban J connectivity index is 2.15. The summed E-state index contributed by atoms with van der Waals surface area (Å²) in [6, 6.07) is 8.06. The van der Waals surface area contributed by atoms with Crippen molar-refractivity contribution in [3.63, 3.8) is 0 Å². The van der Waals surface area contributed by atoms with Gasteiger partial charge in [0.05, 0.1) is 6.20 Å². The predicted molar refractivity (Wildman–Crippen MR) is 80.1 cm³/mol.